The fraction of sp³-hybridized carbons (Fsp3) is 0.552. The van der Waals surface area contributed by atoms with Gasteiger partial charge in [-0.3, -0.25) is 4.79 Å². The largest absolute Gasteiger partial charge is 0.417 e. The molecule has 2 nitrogen and oxygen atoms in total. The van der Waals surface area contributed by atoms with Crippen molar-refractivity contribution in [1.29, 1.82) is 0 Å². The van der Waals surface area contributed by atoms with E-state index in [1.54, 1.807) is 30.3 Å². The molecule has 0 saturated carbocycles. The summed E-state index contributed by atoms with van der Waals surface area (Å²) >= 11 is 0. The minimum absolute atomic E-state index is 0.0105. The van der Waals surface area contributed by atoms with Crippen molar-refractivity contribution < 1.29 is 31.1 Å². The van der Waals surface area contributed by atoms with Crippen molar-refractivity contribution in [2.45, 2.75) is 98.5 Å². The van der Waals surface area contributed by atoms with Crippen LogP contribution in [-0.4, -0.2) is 5.91 Å². The van der Waals surface area contributed by atoms with Gasteiger partial charge in [-0.15, -0.1) is 0 Å². The Labute approximate surface area is 216 Å². The third kappa shape index (κ3) is 9.38. The molecule has 1 N–H and O–H groups in total. The highest BCUT2D eigenvalue weighted by molar-refractivity contribution is 5.98. The monoisotopic (exact) mass is 531 g/mol. The first-order valence-electron chi connectivity index (χ1n) is 12.8. The van der Waals surface area contributed by atoms with E-state index >= 15 is 0 Å². The molecule has 0 fully saturated rings. The van der Waals surface area contributed by atoms with Crippen LogP contribution in [0.4, 0.5) is 26.3 Å². The zero-order chi connectivity index (χ0) is 28.4. The van der Waals surface area contributed by atoms with Crippen LogP contribution in [-0.2, 0) is 18.8 Å². The Morgan fingerprint density at radius 1 is 0.838 bits per heavy atom. The predicted octanol–water partition coefficient (Wildman–Crippen LogP) is 9.78. The van der Waals surface area contributed by atoms with Gasteiger partial charge in [-0.2, -0.15) is 26.3 Å². The summed E-state index contributed by atoms with van der Waals surface area (Å²) in [7, 11) is 0. The van der Waals surface area contributed by atoms with E-state index in [0.29, 0.717) is 18.1 Å². The number of nitrogens with one attached hydrogen (secondary N) is 1. The second kappa shape index (κ2) is 13.9. The Bertz CT molecular complexity index is 976. The van der Waals surface area contributed by atoms with Gasteiger partial charge in [0.2, 0.25) is 0 Å². The summed E-state index contributed by atoms with van der Waals surface area (Å²) in [6, 6.07) is 8.76. The first kappa shape index (κ1) is 32.5. The third-order valence-corrected chi connectivity index (χ3v) is 6.52. The molecule has 0 spiro atoms. The van der Waals surface area contributed by atoms with Crippen molar-refractivity contribution in [3.63, 3.8) is 0 Å². The fourth-order valence-electron chi connectivity index (χ4n) is 3.92. The van der Waals surface area contributed by atoms with Crippen molar-refractivity contribution in [2.75, 3.05) is 0 Å². The molecule has 2 rings (SSSR count). The number of benzene rings is 2. The smallest absolute Gasteiger partial charge is 0.345 e. The van der Waals surface area contributed by atoms with E-state index in [-0.39, 0.29) is 18.1 Å². The highest BCUT2D eigenvalue weighted by Gasteiger charge is 2.41. The second-order valence-corrected chi connectivity index (χ2v) is 9.77. The lowest BCUT2D eigenvalue weighted by molar-refractivity contribution is -0.143. The summed E-state index contributed by atoms with van der Waals surface area (Å²) in [6.45, 7) is 11.5. The SMILES string of the molecule is CCCCCC.CCc1cc(C(F)(F)F)cc(C(F)(F)F)c1C(=O)NC(c1ccccc1)C(C)(C)CC. The average molecular weight is 532 g/mol. The van der Waals surface area contributed by atoms with Crippen LogP contribution in [0.5, 0.6) is 0 Å². The van der Waals surface area contributed by atoms with Gasteiger partial charge in [-0.25, -0.2) is 0 Å². The molecular weight excluding hydrogens is 492 g/mol. The molecule has 0 aliphatic rings. The minimum Gasteiger partial charge on any atom is -0.345 e. The number of rotatable bonds is 9. The van der Waals surface area contributed by atoms with E-state index in [1.165, 1.54) is 32.6 Å². The molecule has 0 bridgehead atoms. The zero-order valence-corrected chi connectivity index (χ0v) is 22.5. The summed E-state index contributed by atoms with van der Waals surface area (Å²) < 4.78 is 80.6. The number of halogens is 6. The Hall–Kier alpha value is -2.51. The zero-order valence-electron chi connectivity index (χ0n) is 22.5. The van der Waals surface area contributed by atoms with Gasteiger partial charge in [0.1, 0.15) is 0 Å². The van der Waals surface area contributed by atoms with Crippen LogP contribution in [0, 0.1) is 5.41 Å². The second-order valence-electron chi connectivity index (χ2n) is 9.77. The summed E-state index contributed by atoms with van der Waals surface area (Å²) in [5.41, 5.74) is -3.91. The van der Waals surface area contributed by atoms with Gasteiger partial charge >= 0.3 is 12.4 Å². The van der Waals surface area contributed by atoms with Crippen LogP contribution in [0.2, 0.25) is 0 Å². The van der Waals surface area contributed by atoms with Gasteiger partial charge in [0.05, 0.1) is 22.7 Å². The van der Waals surface area contributed by atoms with Gasteiger partial charge in [-0.1, -0.05) is 97.6 Å². The summed E-state index contributed by atoms with van der Waals surface area (Å²) in [6.07, 6.45) is -4.11. The van der Waals surface area contributed by atoms with Gasteiger partial charge in [0, 0.05) is 0 Å². The standard InChI is InChI=1S/C23H25F6NO.C6H14/c1-5-14-12-16(22(24,25)26)13-17(23(27,28)29)18(14)20(31)30-19(21(3,4)6-2)15-10-8-7-9-11-15;1-3-5-6-4-2/h7-13,19H,5-6H2,1-4H3,(H,30,31);3-6H2,1-2H3. The van der Waals surface area contributed by atoms with Crippen molar-refractivity contribution >= 4 is 5.91 Å². The average Bonchev–Trinajstić information content (AvgIpc) is 2.84. The van der Waals surface area contributed by atoms with Crippen LogP contribution >= 0.6 is 0 Å². The van der Waals surface area contributed by atoms with Crippen LogP contribution in [0.25, 0.3) is 0 Å². The maximum atomic E-state index is 13.7. The molecule has 0 heterocycles. The van der Waals surface area contributed by atoms with Crippen molar-refractivity contribution in [2.24, 2.45) is 5.41 Å². The van der Waals surface area contributed by atoms with Crippen molar-refractivity contribution in [1.82, 2.24) is 5.32 Å². The molecule has 0 saturated heterocycles. The number of hydrogen-bond donors (Lipinski definition) is 1. The van der Waals surface area contributed by atoms with Crippen LogP contribution in [0.1, 0.15) is 112 Å². The van der Waals surface area contributed by atoms with Crippen molar-refractivity contribution in [3.05, 3.63) is 70.3 Å². The Morgan fingerprint density at radius 2 is 1.38 bits per heavy atom. The summed E-state index contributed by atoms with van der Waals surface area (Å²) in [4.78, 5) is 13.1. The molecule has 1 amide bonds. The number of alkyl halides is 6. The molecule has 2 aromatic carbocycles. The fourth-order valence-corrected chi connectivity index (χ4v) is 3.92. The maximum Gasteiger partial charge on any atom is 0.417 e. The lowest BCUT2D eigenvalue weighted by atomic mass is 9.78. The predicted molar refractivity (Wildman–Crippen MR) is 136 cm³/mol. The molecule has 1 unspecified atom stereocenters. The quantitative estimate of drug-likeness (QED) is 0.253. The Kier molecular flexibility index (Phi) is 12.2. The van der Waals surface area contributed by atoms with E-state index in [0.717, 1.165) is 0 Å². The lowest BCUT2D eigenvalue weighted by Crippen LogP contribution is -2.39. The molecule has 37 heavy (non-hydrogen) atoms. The van der Waals surface area contributed by atoms with Gasteiger partial charge in [-0.05, 0) is 41.5 Å². The number of unbranched alkanes of at least 4 members (excludes halogenated alkanes) is 3. The highest BCUT2D eigenvalue weighted by Crippen LogP contribution is 2.41. The number of carbonyl (C=O) groups excluding carboxylic acids is 1. The van der Waals surface area contributed by atoms with Gasteiger partial charge in [0.25, 0.3) is 5.91 Å². The highest BCUT2D eigenvalue weighted by atomic mass is 19.4. The normalized spacial score (nSPS) is 13.0. The van der Waals surface area contributed by atoms with Gasteiger partial charge in [0.15, 0.2) is 0 Å². The minimum atomic E-state index is -5.12. The van der Waals surface area contributed by atoms with Crippen molar-refractivity contribution in [3.8, 4) is 0 Å². The van der Waals surface area contributed by atoms with Gasteiger partial charge < -0.3 is 5.32 Å². The maximum absolute atomic E-state index is 13.7. The van der Waals surface area contributed by atoms with Crippen LogP contribution < -0.4 is 5.32 Å². The summed E-state index contributed by atoms with van der Waals surface area (Å²) in [5.74, 6) is -1.05. The molecule has 0 aliphatic heterocycles. The molecule has 208 valence electrons. The first-order chi connectivity index (χ1) is 17.1. The molecule has 2 aromatic rings. The Morgan fingerprint density at radius 3 is 1.78 bits per heavy atom. The molecular formula is C29H39F6NO. The first-order valence-corrected chi connectivity index (χ1v) is 12.8. The van der Waals surface area contributed by atoms with Crippen LogP contribution in [0.3, 0.4) is 0 Å². The number of aryl methyl sites for hydroxylation is 1. The van der Waals surface area contributed by atoms with E-state index in [9.17, 15) is 31.1 Å². The molecule has 1 atom stereocenters. The summed E-state index contributed by atoms with van der Waals surface area (Å²) in [5, 5.41) is 2.67. The number of hydrogen-bond acceptors (Lipinski definition) is 1. The van der Waals surface area contributed by atoms with E-state index in [4.69, 9.17) is 0 Å². The topological polar surface area (TPSA) is 29.1 Å². The molecule has 0 aromatic heterocycles. The van der Waals surface area contributed by atoms with E-state index in [2.05, 4.69) is 19.2 Å². The Balaban J connectivity index is 0.00000102. The number of carbonyl (C=O) groups is 1. The van der Waals surface area contributed by atoms with Crippen LogP contribution in [0.15, 0.2) is 42.5 Å². The van der Waals surface area contributed by atoms with E-state index < -0.39 is 46.4 Å². The van der Waals surface area contributed by atoms with E-state index in [1.807, 2.05) is 20.8 Å². The lowest BCUT2D eigenvalue weighted by Gasteiger charge is -2.35. The molecule has 8 heteroatoms. The molecule has 0 aliphatic carbocycles. The number of amides is 1. The third-order valence-electron chi connectivity index (χ3n) is 6.52. The molecule has 0 radical (unpaired) electrons.